The van der Waals surface area contributed by atoms with Crippen molar-refractivity contribution in [1.29, 1.82) is 0 Å². The van der Waals surface area contributed by atoms with Gasteiger partial charge in [0.1, 0.15) is 15.5 Å². The summed E-state index contributed by atoms with van der Waals surface area (Å²) in [5, 5.41) is 2.39. The average molecular weight is 1640 g/mol. The predicted molar refractivity (Wildman–Crippen MR) is 478 cm³/mol. The van der Waals surface area contributed by atoms with Gasteiger partial charge in [0.2, 0.25) is 0 Å². The minimum Gasteiger partial charge on any atom is -0.372 e. The number of aromatic nitrogens is 4. The summed E-state index contributed by atoms with van der Waals surface area (Å²) in [6, 6.07) is 58.0. The van der Waals surface area contributed by atoms with Crippen LogP contribution >= 0.6 is 69.6 Å². The Morgan fingerprint density at radius 2 is 0.553 bits per heavy atom. The number of aliphatic imine (C=N–C) groups is 5. The van der Waals surface area contributed by atoms with Gasteiger partial charge in [-0.1, -0.05) is 148 Å². The van der Waals surface area contributed by atoms with Gasteiger partial charge in [0.15, 0.2) is 17.5 Å². The highest BCUT2D eigenvalue weighted by Crippen LogP contribution is 2.39. The first-order valence-electron chi connectivity index (χ1n) is 40.2. The Morgan fingerprint density at radius 3 is 0.868 bits per heavy atom. The van der Waals surface area contributed by atoms with Crippen LogP contribution in [-0.2, 0) is 32.1 Å². The van der Waals surface area contributed by atoms with Crippen molar-refractivity contribution in [3.8, 4) is 0 Å². The van der Waals surface area contributed by atoms with Crippen LogP contribution < -0.4 is 24.5 Å². The third kappa shape index (κ3) is 19.1. The molecular formula is C92H94Cl6N16. The molecule has 0 amide bonds. The number of hydrogen-bond acceptors (Lipinski definition) is 16. The number of piperazine rings is 2. The standard InChI is InChI=1S/C20H22N2.2C18H18Cl2N4.C18H17Cl2N3.C18H19N3/c1-15-5-10-19-17(13-15)14-20(21-19)16-6-8-18(9-7-16)22-11-3-2-4-12-22;2*1-23-6-8-24(9-7-23)14-4-2-12(3-5-14)16-11-13-10-15(19)17(20)22-18(13)21-16;19-15-10-13-11-16(21-18(13)22-17(15)20)12-4-6-14(7-5-12)23-8-2-1-3-9-23;1-2-10-21(11-3-1)16-6-4-14(5-7-16)18-12-15-13-19-9-8-17(15)20-18/h5-10,13H,2-4,11-12,14H2,1H3;2*2-5,10H,6-9,11H2,1H3;4-7,10H,1-3,8-9,11H2;4-9,13H,1-3,10-12H2. The topological polar surface area (TPSA) is 136 Å². The zero-order chi connectivity index (χ0) is 78.2. The lowest BCUT2D eigenvalue weighted by molar-refractivity contribution is 0.313. The van der Waals surface area contributed by atoms with Crippen LogP contribution in [0.4, 0.5) is 57.3 Å². The van der Waals surface area contributed by atoms with Gasteiger partial charge in [-0.05, 0) is 203 Å². The highest BCUT2D eigenvalue weighted by molar-refractivity contribution is 6.42. The fraction of sp³-hybridized carbons (Fsp3) is 0.337. The number of anilines is 5. The van der Waals surface area contributed by atoms with Gasteiger partial charge in [-0.25, -0.2) is 29.9 Å². The summed E-state index contributed by atoms with van der Waals surface area (Å²) in [7, 11) is 4.34. The Labute approximate surface area is 700 Å². The molecular weight excluding hydrogens is 1540 g/mol. The van der Waals surface area contributed by atoms with Gasteiger partial charge in [-0.15, -0.1) is 0 Å². The summed E-state index contributed by atoms with van der Waals surface area (Å²) >= 11 is 36.1. The summed E-state index contributed by atoms with van der Waals surface area (Å²) in [6.45, 7) is 18.0. The lowest BCUT2D eigenvalue weighted by atomic mass is 10.0. The molecule has 0 aliphatic carbocycles. The van der Waals surface area contributed by atoms with Crippen molar-refractivity contribution in [3.63, 3.8) is 0 Å². The normalized spacial score (nSPS) is 17.5. The molecule has 0 unspecified atom stereocenters. The number of halogens is 6. The van der Waals surface area contributed by atoms with Crippen molar-refractivity contribution in [3.05, 3.63) is 268 Å². The molecule has 584 valence electrons. The molecule has 16 nitrogen and oxygen atoms in total. The SMILES string of the molecule is CN1CCN(c2ccc(C3=Nc4nc(Cl)c(Cl)cc4C3)cc2)CC1.CN1CCN(c2ccc(C3=Nc4nc(Cl)c(Cl)cc4C3)cc2)CC1.Cc1ccc2c(c1)CC(c1ccc(N3CCCCC3)cc1)=N2.Clc1cc2c(nc1Cl)N=C(c1ccc(N3CCCCC3)cc1)C2.c1cc2c(cn1)CC(c1ccc(N3CCCCC3)cc1)=N2. The van der Waals surface area contributed by atoms with Crippen molar-refractivity contribution < 1.29 is 0 Å². The van der Waals surface area contributed by atoms with Crippen LogP contribution in [0.1, 0.15) is 119 Å². The summed E-state index contributed by atoms with van der Waals surface area (Å²) in [5.74, 6) is 2.06. The number of benzene rings is 6. The first-order valence-corrected chi connectivity index (χ1v) is 42.5. The molecule has 20 rings (SSSR count). The number of rotatable bonds is 10. The molecule has 14 heterocycles. The lowest BCUT2D eigenvalue weighted by Crippen LogP contribution is -2.44. The summed E-state index contributed by atoms with van der Waals surface area (Å²) in [6.07, 6.45) is 19.8. The second-order valence-corrected chi connectivity index (χ2v) is 33.3. The van der Waals surface area contributed by atoms with Crippen LogP contribution in [0.25, 0.3) is 0 Å². The predicted octanol–water partition coefficient (Wildman–Crippen LogP) is 21.1. The van der Waals surface area contributed by atoms with Crippen LogP contribution in [-0.4, -0.2) is 164 Å². The third-order valence-corrected chi connectivity index (χ3v) is 25.0. The molecule has 6 aromatic carbocycles. The third-order valence-electron chi connectivity index (χ3n) is 23.0. The number of fused-ring (bicyclic) bond motifs is 5. The minimum atomic E-state index is 0.311. The molecule has 0 radical (unpaired) electrons. The van der Waals surface area contributed by atoms with Gasteiger partial charge < -0.3 is 34.3 Å². The Balaban J connectivity index is 0.000000107. The van der Waals surface area contributed by atoms with E-state index in [-0.39, 0.29) is 0 Å². The van der Waals surface area contributed by atoms with E-state index in [2.05, 4.69) is 230 Å². The van der Waals surface area contributed by atoms with Gasteiger partial charge in [0, 0.05) is 187 Å². The van der Waals surface area contributed by atoms with E-state index in [0.29, 0.717) is 48.0 Å². The van der Waals surface area contributed by atoms with E-state index in [9.17, 15) is 0 Å². The van der Waals surface area contributed by atoms with Gasteiger partial charge >= 0.3 is 0 Å². The second kappa shape index (κ2) is 36.4. The van der Waals surface area contributed by atoms with Crippen molar-refractivity contribution in [2.45, 2.75) is 96.8 Å². The molecule has 0 N–H and O–H groups in total. The largest absolute Gasteiger partial charge is 0.372 e. The van der Waals surface area contributed by atoms with E-state index < -0.39 is 0 Å². The lowest BCUT2D eigenvalue weighted by Gasteiger charge is -2.34. The Morgan fingerprint density at radius 1 is 0.272 bits per heavy atom. The maximum absolute atomic E-state index is 6.05. The summed E-state index contributed by atoms with van der Waals surface area (Å²) < 4.78 is 0. The highest BCUT2D eigenvalue weighted by Gasteiger charge is 2.26. The van der Waals surface area contributed by atoms with Crippen molar-refractivity contribution in [1.82, 2.24) is 29.7 Å². The number of nitrogens with zero attached hydrogens (tertiary/aromatic N) is 16. The van der Waals surface area contributed by atoms with Crippen LogP contribution in [0.3, 0.4) is 0 Å². The zero-order valence-electron chi connectivity index (χ0n) is 65.0. The van der Waals surface area contributed by atoms with E-state index >= 15 is 0 Å². The monoisotopic (exact) mass is 1630 g/mol. The number of likely N-dealkylation sites (N-methyl/N-ethyl adjacent to an activating group) is 2. The van der Waals surface area contributed by atoms with Gasteiger partial charge in [0.25, 0.3) is 0 Å². The van der Waals surface area contributed by atoms with E-state index in [1.807, 2.05) is 36.7 Å². The molecule has 10 aromatic rings. The van der Waals surface area contributed by atoms with E-state index in [0.717, 1.165) is 165 Å². The molecule has 0 saturated carbocycles. The molecule has 0 atom stereocenters. The average Bonchev–Trinajstić information content (AvgIpc) is 1.62. The van der Waals surface area contributed by atoms with Crippen LogP contribution in [0, 0.1) is 6.92 Å². The Bertz CT molecular complexity index is 5110. The van der Waals surface area contributed by atoms with Crippen molar-refractivity contribution in [2.75, 3.05) is 130 Å². The van der Waals surface area contributed by atoms with Crippen molar-refractivity contribution >= 4 is 155 Å². The zero-order valence-corrected chi connectivity index (χ0v) is 69.5. The molecule has 5 saturated heterocycles. The number of hydrogen-bond donors (Lipinski definition) is 0. The number of piperidine rings is 3. The molecule has 5 fully saturated rings. The molecule has 10 aliphatic heterocycles. The molecule has 22 heteroatoms. The van der Waals surface area contributed by atoms with Crippen molar-refractivity contribution in [2.24, 2.45) is 25.0 Å². The van der Waals surface area contributed by atoms with Gasteiger partial charge in [-0.2, -0.15) is 0 Å². The molecule has 10 aliphatic rings. The first-order chi connectivity index (χ1) is 55.6. The fourth-order valence-corrected chi connectivity index (χ4v) is 17.2. The maximum atomic E-state index is 6.05. The molecule has 0 bridgehead atoms. The number of aryl methyl sites for hydroxylation is 1. The first kappa shape index (κ1) is 78.8. The Hall–Kier alpha value is -9.07. The van der Waals surface area contributed by atoms with E-state index in [4.69, 9.17) is 79.6 Å². The summed E-state index contributed by atoms with van der Waals surface area (Å²) in [4.78, 5) is 57.4. The van der Waals surface area contributed by atoms with Crippen LogP contribution in [0.2, 0.25) is 30.5 Å². The summed E-state index contributed by atoms with van der Waals surface area (Å²) in [5.41, 5.74) is 27.0. The van der Waals surface area contributed by atoms with Gasteiger partial charge in [-0.3, -0.25) is 15.0 Å². The minimum absolute atomic E-state index is 0.311. The van der Waals surface area contributed by atoms with E-state index in [1.54, 1.807) is 0 Å². The smallest absolute Gasteiger partial charge is 0.157 e. The molecule has 0 spiro atoms. The van der Waals surface area contributed by atoms with Crippen LogP contribution in [0.15, 0.2) is 201 Å². The molecule has 114 heavy (non-hydrogen) atoms. The van der Waals surface area contributed by atoms with Gasteiger partial charge in [0.05, 0.1) is 55.0 Å². The fourth-order valence-electron chi connectivity index (χ4n) is 16.3. The number of pyridine rings is 4. The van der Waals surface area contributed by atoms with Crippen LogP contribution in [0.5, 0.6) is 0 Å². The second-order valence-electron chi connectivity index (χ2n) is 31.0. The Kier molecular flexibility index (Phi) is 25.2. The quantitative estimate of drug-likeness (QED) is 0.121. The highest BCUT2D eigenvalue weighted by atomic mass is 35.5. The van der Waals surface area contributed by atoms with E-state index in [1.165, 1.54) is 146 Å². The molecule has 4 aromatic heterocycles. The maximum Gasteiger partial charge on any atom is 0.157 e.